The smallest absolute Gasteiger partial charge is 0.343 e. The van der Waals surface area contributed by atoms with Crippen LogP contribution in [-0.4, -0.2) is 32.3 Å². The summed E-state index contributed by atoms with van der Waals surface area (Å²) in [5.74, 6) is 1.31. The highest BCUT2D eigenvalue weighted by Crippen LogP contribution is 2.24. The van der Waals surface area contributed by atoms with E-state index in [1.165, 1.54) is 6.20 Å². The SMILES string of the molecule is CCOC(=O)c1cnn(C)c1Nc1cc(-c2ccccc2)nc(C)n1. The van der Waals surface area contributed by atoms with Crippen LogP contribution < -0.4 is 5.32 Å². The third kappa shape index (κ3) is 3.65. The highest BCUT2D eigenvalue weighted by molar-refractivity contribution is 5.95. The Morgan fingerprint density at radius 2 is 2.00 bits per heavy atom. The lowest BCUT2D eigenvalue weighted by Crippen LogP contribution is -2.09. The van der Waals surface area contributed by atoms with Gasteiger partial charge in [-0.2, -0.15) is 5.10 Å². The van der Waals surface area contributed by atoms with Gasteiger partial charge in [-0.3, -0.25) is 4.68 Å². The maximum Gasteiger partial charge on any atom is 0.343 e. The van der Waals surface area contributed by atoms with Crippen LogP contribution in [0.3, 0.4) is 0 Å². The summed E-state index contributed by atoms with van der Waals surface area (Å²) in [4.78, 5) is 21.0. The molecule has 2 aromatic heterocycles. The van der Waals surface area contributed by atoms with E-state index in [1.54, 1.807) is 18.7 Å². The summed E-state index contributed by atoms with van der Waals surface area (Å²) in [6.45, 7) is 3.90. The van der Waals surface area contributed by atoms with E-state index in [0.29, 0.717) is 29.6 Å². The molecule has 7 nitrogen and oxygen atoms in total. The predicted molar refractivity (Wildman–Crippen MR) is 94.7 cm³/mol. The molecule has 0 bridgehead atoms. The Labute approximate surface area is 145 Å². The number of rotatable bonds is 5. The van der Waals surface area contributed by atoms with E-state index in [0.717, 1.165) is 11.3 Å². The van der Waals surface area contributed by atoms with Gasteiger partial charge in [0.25, 0.3) is 0 Å². The molecule has 3 aromatic rings. The number of nitrogens with zero attached hydrogens (tertiary/aromatic N) is 4. The van der Waals surface area contributed by atoms with Crippen LogP contribution in [0.4, 0.5) is 11.6 Å². The molecule has 0 amide bonds. The van der Waals surface area contributed by atoms with Crippen molar-refractivity contribution in [1.29, 1.82) is 0 Å². The van der Waals surface area contributed by atoms with Crippen molar-refractivity contribution < 1.29 is 9.53 Å². The fourth-order valence-electron chi connectivity index (χ4n) is 2.45. The lowest BCUT2D eigenvalue weighted by molar-refractivity contribution is 0.0527. The third-order valence-electron chi connectivity index (χ3n) is 3.59. The van der Waals surface area contributed by atoms with Gasteiger partial charge in [0.15, 0.2) is 0 Å². The van der Waals surface area contributed by atoms with Crippen LogP contribution in [0.1, 0.15) is 23.1 Å². The number of nitrogens with one attached hydrogen (secondary N) is 1. The van der Waals surface area contributed by atoms with Crippen LogP contribution in [0.5, 0.6) is 0 Å². The van der Waals surface area contributed by atoms with Crippen molar-refractivity contribution in [3.63, 3.8) is 0 Å². The average Bonchev–Trinajstić information content (AvgIpc) is 2.96. The van der Waals surface area contributed by atoms with Crippen molar-refractivity contribution in [2.24, 2.45) is 7.05 Å². The number of hydrogen-bond acceptors (Lipinski definition) is 6. The maximum absolute atomic E-state index is 12.1. The van der Waals surface area contributed by atoms with Crippen molar-refractivity contribution in [3.8, 4) is 11.3 Å². The summed E-state index contributed by atoms with van der Waals surface area (Å²) in [5, 5.41) is 7.29. The van der Waals surface area contributed by atoms with Crippen molar-refractivity contribution in [2.75, 3.05) is 11.9 Å². The Morgan fingerprint density at radius 3 is 2.72 bits per heavy atom. The standard InChI is InChI=1S/C18H19N5O2/c1-4-25-18(24)14-11-19-23(3)17(14)22-16-10-15(20-12(2)21-16)13-8-6-5-7-9-13/h5-11H,4H2,1-3H3,(H,20,21,22). The van der Waals surface area contributed by atoms with E-state index in [-0.39, 0.29) is 0 Å². The monoisotopic (exact) mass is 337 g/mol. The Hall–Kier alpha value is -3.22. The largest absolute Gasteiger partial charge is 0.462 e. The molecule has 0 aliphatic heterocycles. The highest BCUT2D eigenvalue weighted by Gasteiger charge is 2.18. The molecule has 1 N–H and O–H groups in total. The zero-order valence-electron chi connectivity index (χ0n) is 14.4. The number of carbonyl (C=O) groups is 1. The van der Waals surface area contributed by atoms with Crippen molar-refractivity contribution in [3.05, 3.63) is 54.0 Å². The first-order valence-electron chi connectivity index (χ1n) is 7.95. The van der Waals surface area contributed by atoms with Gasteiger partial charge in [0, 0.05) is 18.7 Å². The van der Waals surface area contributed by atoms with Crippen molar-refractivity contribution in [1.82, 2.24) is 19.7 Å². The van der Waals surface area contributed by atoms with Gasteiger partial charge in [0.1, 0.15) is 23.0 Å². The second-order valence-electron chi connectivity index (χ2n) is 5.43. The Morgan fingerprint density at radius 1 is 1.24 bits per heavy atom. The van der Waals surface area contributed by atoms with E-state index in [9.17, 15) is 4.79 Å². The zero-order valence-corrected chi connectivity index (χ0v) is 14.4. The molecule has 2 heterocycles. The number of aryl methyl sites for hydroxylation is 2. The van der Waals surface area contributed by atoms with Crippen LogP contribution in [-0.2, 0) is 11.8 Å². The molecule has 0 spiro atoms. The molecule has 0 aliphatic carbocycles. The second kappa shape index (κ2) is 7.12. The Kier molecular flexibility index (Phi) is 4.74. The predicted octanol–water partition coefficient (Wildman–Crippen LogP) is 3.11. The quantitative estimate of drug-likeness (QED) is 0.721. The molecule has 128 valence electrons. The fraction of sp³-hybridized carbons (Fsp3) is 0.222. The molecule has 0 atom stereocenters. The van der Waals surface area contributed by atoms with Crippen molar-refractivity contribution >= 4 is 17.6 Å². The number of ether oxygens (including phenoxy) is 1. The number of anilines is 2. The lowest BCUT2D eigenvalue weighted by atomic mass is 10.1. The molecule has 0 aliphatic rings. The van der Waals surface area contributed by atoms with Gasteiger partial charge < -0.3 is 10.1 Å². The van der Waals surface area contributed by atoms with Gasteiger partial charge in [-0.15, -0.1) is 0 Å². The van der Waals surface area contributed by atoms with Crippen LogP contribution in [0, 0.1) is 6.92 Å². The summed E-state index contributed by atoms with van der Waals surface area (Å²) in [6.07, 6.45) is 1.48. The number of benzene rings is 1. The van der Waals surface area contributed by atoms with E-state index in [2.05, 4.69) is 20.4 Å². The summed E-state index contributed by atoms with van der Waals surface area (Å²) >= 11 is 0. The molecule has 0 radical (unpaired) electrons. The topological polar surface area (TPSA) is 81.9 Å². The summed E-state index contributed by atoms with van der Waals surface area (Å²) in [5.41, 5.74) is 2.16. The molecule has 25 heavy (non-hydrogen) atoms. The second-order valence-corrected chi connectivity index (χ2v) is 5.43. The molecule has 0 fully saturated rings. The van der Waals surface area contributed by atoms with Gasteiger partial charge in [-0.05, 0) is 13.8 Å². The number of esters is 1. The minimum Gasteiger partial charge on any atom is -0.462 e. The van der Waals surface area contributed by atoms with Crippen LogP contribution in [0.2, 0.25) is 0 Å². The van der Waals surface area contributed by atoms with Gasteiger partial charge >= 0.3 is 5.97 Å². The first kappa shape index (κ1) is 16.6. The van der Waals surface area contributed by atoms with Crippen LogP contribution in [0.15, 0.2) is 42.6 Å². The van der Waals surface area contributed by atoms with Gasteiger partial charge in [0.2, 0.25) is 0 Å². The molecule has 0 unspecified atom stereocenters. The molecule has 0 saturated heterocycles. The summed E-state index contributed by atoms with van der Waals surface area (Å²) in [6, 6.07) is 11.7. The highest BCUT2D eigenvalue weighted by atomic mass is 16.5. The summed E-state index contributed by atoms with van der Waals surface area (Å²) in [7, 11) is 1.75. The van der Waals surface area contributed by atoms with E-state index >= 15 is 0 Å². The third-order valence-corrected chi connectivity index (χ3v) is 3.59. The lowest BCUT2D eigenvalue weighted by Gasteiger charge is -2.10. The average molecular weight is 337 g/mol. The zero-order chi connectivity index (χ0) is 17.8. The maximum atomic E-state index is 12.1. The van der Waals surface area contributed by atoms with Crippen molar-refractivity contribution in [2.45, 2.75) is 13.8 Å². The minimum atomic E-state index is -0.424. The Bertz CT molecular complexity index is 890. The molecule has 7 heteroatoms. The van der Waals surface area contributed by atoms with Crippen LogP contribution in [0.25, 0.3) is 11.3 Å². The van der Waals surface area contributed by atoms with Gasteiger partial charge in [-0.1, -0.05) is 30.3 Å². The first-order valence-corrected chi connectivity index (χ1v) is 7.95. The van der Waals surface area contributed by atoms with Gasteiger partial charge in [-0.25, -0.2) is 14.8 Å². The fourth-order valence-corrected chi connectivity index (χ4v) is 2.45. The van der Waals surface area contributed by atoms with E-state index < -0.39 is 5.97 Å². The molecule has 3 rings (SSSR count). The number of hydrogen-bond donors (Lipinski definition) is 1. The van der Waals surface area contributed by atoms with Gasteiger partial charge in [0.05, 0.1) is 18.5 Å². The van der Waals surface area contributed by atoms with E-state index in [4.69, 9.17) is 4.74 Å². The molecular weight excluding hydrogens is 318 g/mol. The van der Waals surface area contributed by atoms with E-state index in [1.807, 2.05) is 43.3 Å². The number of carbonyl (C=O) groups excluding carboxylic acids is 1. The number of aromatic nitrogens is 4. The molecule has 0 saturated carbocycles. The summed E-state index contributed by atoms with van der Waals surface area (Å²) < 4.78 is 6.65. The normalized spacial score (nSPS) is 10.5. The minimum absolute atomic E-state index is 0.304. The molecule has 1 aromatic carbocycles. The Balaban J connectivity index is 1.96. The van der Waals surface area contributed by atoms with Crippen LogP contribution >= 0.6 is 0 Å². The first-order chi connectivity index (χ1) is 12.1. The molecular formula is C18H19N5O2.